The molecule has 0 radical (unpaired) electrons. The Kier molecular flexibility index (Phi) is 3.46. The van der Waals surface area contributed by atoms with Gasteiger partial charge in [0.15, 0.2) is 0 Å². The van der Waals surface area contributed by atoms with E-state index in [4.69, 9.17) is 0 Å². The van der Waals surface area contributed by atoms with Gasteiger partial charge in [0, 0.05) is 44.6 Å². The molecule has 4 nitrogen and oxygen atoms in total. The minimum Gasteiger partial charge on any atom is -0.338 e. The Balaban J connectivity index is 1.55. The highest BCUT2D eigenvalue weighted by Gasteiger charge is 2.29. The van der Waals surface area contributed by atoms with Crippen molar-refractivity contribution in [3.05, 3.63) is 18.5 Å². The average Bonchev–Trinajstić information content (AvgIpc) is 2.87. The lowest BCUT2D eigenvalue weighted by Gasteiger charge is -2.38. The molecule has 1 aromatic rings. The maximum absolute atomic E-state index is 4.33. The molecule has 1 saturated heterocycles. The summed E-state index contributed by atoms with van der Waals surface area (Å²) < 4.78 is 0. The quantitative estimate of drug-likeness (QED) is 0.796. The second kappa shape index (κ2) is 5.22. The van der Waals surface area contributed by atoms with Crippen LogP contribution in [-0.2, 0) is 0 Å². The molecule has 18 heavy (non-hydrogen) atoms. The van der Waals surface area contributed by atoms with E-state index in [9.17, 15) is 0 Å². The maximum Gasteiger partial charge on any atom is 0.225 e. The van der Waals surface area contributed by atoms with E-state index in [2.05, 4.69) is 26.7 Å². The van der Waals surface area contributed by atoms with E-state index < -0.39 is 0 Å². The average molecular weight is 246 g/mol. The zero-order chi connectivity index (χ0) is 12.4. The Labute approximate surface area is 109 Å². The molecule has 0 unspecified atom stereocenters. The van der Waals surface area contributed by atoms with E-state index in [0.717, 1.165) is 44.1 Å². The lowest BCUT2D eigenvalue weighted by molar-refractivity contribution is 0.184. The monoisotopic (exact) mass is 246 g/mol. The van der Waals surface area contributed by atoms with Gasteiger partial charge in [-0.1, -0.05) is 6.92 Å². The Morgan fingerprint density at radius 3 is 2.39 bits per heavy atom. The highest BCUT2D eigenvalue weighted by atomic mass is 15.3. The molecule has 0 aromatic carbocycles. The van der Waals surface area contributed by atoms with E-state index in [1.807, 2.05) is 18.5 Å². The summed E-state index contributed by atoms with van der Waals surface area (Å²) in [4.78, 5) is 13.6. The highest BCUT2D eigenvalue weighted by molar-refractivity contribution is 5.29. The van der Waals surface area contributed by atoms with Gasteiger partial charge in [-0.3, -0.25) is 4.90 Å². The number of piperazine rings is 1. The molecule has 0 bridgehead atoms. The number of rotatable bonds is 2. The van der Waals surface area contributed by atoms with Gasteiger partial charge in [0.25, 0.3) is 0 Å². The van der Waals surface area contributed by atoms with Crippen LogP contribution in [0, 0.1) is 5.92 Å². The van der Waals surface area contributed by atoms with E-state index in [1.54, 1.807) is 0 Å². The normalized spacial score (nSPS) is 29.7. The fourth-order valence-electron chi connectivity index (χ4n) is 3.25. The molecule has 1 aliphatic carbocycles. The summed E-state index contributed by atoms with van der Waals surface area (Å²) in [7, 11) is 0. The molecule has 1 aromatic heterocycles. The first-order valence-corrected chi connectivity index (χ1v) is 7.09. The first-order valence-electron chi connectivity index (χ1n) is 7.09. The third-order valence-electron chi connectivity index (χ3n) is 4.33. The predicted molar refractivity (Wildman–Crippen MR) is 72.6 cm³/mol. The van der Waals surface area contributed by atoms with Crippen LogP contribution < -0.4 is 4.90 Å². The lowest BCUT2D eigenvalue weighted by Crippen LogP contribution is -2.50. The van der Waals surface area contributed by atoms with Crippen molar-refractivity contribution in [3.8, 4) is 0 Å². The predicted octanol–water partition coefficient (Wildman–Crippen LogP) is 1.79. The Morgan fingerprint density at radius 2 is 1.78 bits per heavy atom. The SMILES string of the molecule is C[C@H]1CC[C@H](N2CCN(c3ncccn3)CC2)C1. The molecule has 1 saturated carbocycles. The minimum atomic E-state index is 0.832. The third kappa shape index (κ3) is 2.48. The van der Waals surface area contributed by atoms with Gasteiger partial charge in [-0.15, -0.1) is 0 Å². The van der Waals surface area contributed by atoms with Crippen molar-refractivity contribution in [2.45, 2.75) is 32.2 Å². The largest absolute Gasteiger partial charge is 0.338 e. The summed E-state index contributed by atoms with van der Waals surface area (Å²) in [6.45, 7) is 6.84. The topological polar surface area (TPSA) is 32.3 Å². The van der Waals surface area contributed by atoms with Crippen LogP contribution in [0.15, 0.2) is 18.5 Å². The summed E-state index contributed by atoms with van der Waals surface area (Å²) >= 11 is 0. The van der Waals surface area contributed by atoms with Gasteiger partial charge in [-0.25, -0.2) is 9.97 Å². The van der Waals surface area contributed by atoms with Crippen LogP contribution in [0.5, 0.6) is 0 Å². The van der Waals surface area contributed by atoms with Gasteiger partial charge in [-0.05, 0) is 31.2 Å². The minimum absolute atomic E-state index is 0.832. The highest BCUT2D eigenvalue weighted by Crippen LogP contribution is 2.29. The fourth-order valence-corrected chi connectivity index (χ4v) is 3.25. The fraction of sp³-hybridized carbons (Fsp3) is 0.714. The lowest BCUT2D eigenvalue weighted by atomic mass is 10.1. The van der Waals surface area contributed by atoms with Crippen molar-refractivity contribution in [1.29, 1.82) is 0 Å². The van der Waals surface area contributed by atoms with Crippen LogP contribution in [0.25, 0.3) is 0 Å². The van der Waals surface area contributed by atoms with E-state index >= 15 is 0 Å². The molecule has 2 atom stereocenters. The molecular weight excluding hydrogens is 224 g/mol. The smallest absolute Gasteiger partial charge is 0.225 e. The molecule has 4 heteroatoms. The molecule has 2 aliphatic rings. The van der Waals surface area contributed by atoms with Crippen LogP contribution in [0.4, 0.5) is 5.95 Å². The van der Waals surface area contributed by atoms with E-state index in [0.29, 0.717) is 0 Å². The second-order valence-corrected chi connectivity index (χ2v) is 5.64. The summed E-state index contributed by atoms with van der Waals surface area (Å²) in [5.41, 5.74) is 0. The molecular formula is C14H22N4. The molecule has 98 valence electrons. The first-order chi connectivity index (χ1) is 8.83. The van der Waals surface area contributed by atoms with Crippen molar-refractivity contribution < 1.29 is 0 Å². The molecule has 2 heterocycles. The maximum atomic E-state index is 4.33. The first kappa shape index (κ1) is 11.9. The Hall–Kier alpha value is -1.16. The number of aromatic nitrogens is 2. The van der Waals surface area contributed by atoms with Gasteiger partial charge >= 0.3 is 0 Å². The van der Waals surface area contributed by atoms with Crippen molar-refractivity contribution in [2.75, 3.05) is 31.1 Å². The zero-order valence-electron chi connectivity index (χ0n) is 11.1. The van der Waals surface area contributed by atoms with Crippen molar-refractivity contribution in [1.82, 2.24) is 14.9 Å². The van der Waals surface area contributed by atoms with Gasteiger partial charge in [-0.2, -0.15) is 0 Å². The van der Waals surface area contributed by atoms with Crippen LogP contribution in [-0.4, -0.2) is 47.1 Å². The summed E-state index contributed by atoms with van der Waals surface area (Å²) in [6, 6.07) is 2.71. The van der Waals surface area contributed by atoms with Gasteiger partial charge < -0.3 is 4.90 Å². The third-order valence-corrected chi connectivity index (χ3v) is 4.33. The summed E-state index contributed by atoms with van der Waals surface area (Å²) in [6.07, 6.45) is 7.85. The molecule has 0 amide bonds. The summed E-state index contributed by atoms with van der Waals surface area (Å²) in [5.74, 6) is 1.81. The standard InChI is InChI=1S/C14H22N4/c1-12-3-4-13(11-12)17-7-9-18(10-8-17)14-15-5-2-6-16-14/h2,5-6,12-13H,3-4,7-11H2,1H3/t12-,13-/m0/s1. The van der Waals surface area contributed by atoms with Crippen molar-refractivity contribution >= 4 is 5.95 Å². The molecule has 0 N–H and O–H groups in total. The summed E-state index contributed by atoms with van der Waals surface area (Å²) in [5, 5.41) is 0. The number of hydrogen-bond donors (Lipinski definition) is 0. The molecule has 1 aliphatic heterocycles. The van der Waals surface area contributed by atoms with Crippen LogP contribution in [0.2, 0.25) is 0 Å². The zero-order valence-corrected chi connectivity index (χ0v) is 11.1. The van der Waals surface area contributed by atoms with Crippen LogP contribution in [0.1, 0.15) is 26.2 Å². The van der Waals surface area contributed by atoms with Gasteiger partial charge in [0.2, 0.25) is 5.95 Å². The van der Waals surface area contributed by atoms with Gasteiger partial charge in [0.1, 0.15) is 0 Å². The molecule has 2 fully saturated rings. The van der Waals surface area contributed by atoms with Crippen molar-refractivity contribution in [2.24, 2.45) is 5.92 Å². The van der Waals surface area contributed by atoms with Gasteiger partial charge in [0.05, 0.1) is 0 Å². The number of anilines is 1. The van der Waals surface area contributed by atoms with Crippen LogP contribution >= 0.6 is 0 Å². The second-order valence-electron chi connectivity index (χ2n) is 5.64. The Bertz CT molecular complexity index is 373. The number of nitrogens with zero attached hydrogens (tertiary/aromatic N) is 4. The van der Waals surface area contributed by atoms with Crippen molar-refractivity contribution in [3.63, 3.8) is 0 Å². The Morgan fingerprint density at radius 1 is 1.06 bits per heavy atom. The van der Waals surface area contributed by atoms with Crippen LogP contribution in [0.3, 0.4) is 0 Å². The van der Waals surface area contributed by atoms with E-state index in [-0.39, 0.29) is 0 Å². The molecule has 0 spiro atoms. The molecule has 3 rings (SSSR count). The van der Waals surface area contributed by atoms with E-state index in [1.165, 1.54) is 19.3 Å². The number of hydrogen-bond acceptors (Lipinski definition) is 4.